The predicted molar refractivity (Wildman–Crippen MR) is 127 cm³/mol. The zero-order valence-electron chi connectivity index (χ0n) is 18.3. The molecule has 186 valence electrons. The number of Topliss-reactive ketones (excluding diaryl/α,β-unsaturated/α-hetero) is 1. The molecule has 0 bridgehead atoms. The Morgan fingerprint density at radius 3 is 2.14 bits per heavy atom. The van der Waals surface area contributed by atoms with Crippen LogP contribution in [-0.2, 0) is 15.8 Å². The lowest BCUT2D eigenvalue weighted by Crippen LogP contribution is -2.29. The number of carbonyl (C=O) groups excluding carboxylic acids is 2. The van der Waals surface area contributed by atoms with Crippen LogP contribution in [-0.4, -0.2) is 29.0 Å². The maximum atomic E-state index is 13.1. The van der Waals surface area contributed by atoms with Crippen LogP contribution in [0.25, 0.3) is 5.76 Å². The van der Waals surface area contributed by atoms with Crippen molar-refractivity contribution in [2.24, 2.45) is 0 Å². The third-order valence-electron chi connectivity index (χ3n) is 5.58. The van der Waals surface area contributed by atoms with Gasteiger partial charge in [0.2, 0.25) is 0 Å². The average Bonchev–Trinajstić information content (AvgIpc) is 3.08. The first kappa shape index (κ1) is 25.4. The Labute approximate surface area is 212 Å². The van der Waals surface area contributed by atoms with Gasteiger partial charge in [0.05, 0.1) is 34.3 Å². The number of rotatable bonds is 4. The van der Waals surface area contributed by atoms with Gasteiger partial charge < -0.3 is 14.9 Å². The summed E-state index contributed by atoms with van der Waals surface area (Å²) in [4.78, 5) is 27.2. The van der Waals surface area contributed by atoms with Crippen molar-refractivity contribution in [2.75, 3.05) is 12.0 Å². The molecule has 1 heterocycles. The summed E-state index contributed by atoms with van der Waals surface area (Å²) >= 11 is 12.3. The summed E-state index contributed by atoms with van der Waals surface area (Å²) < 4.78 is 44.3. The lowest BCUT2D eigenvalue weighted by molar-refractivity contribution is -0.137. The highest BCUT2D eigenvalue weighted by Crippen LogP contribution is 2.44. The van der Waals surface area contributed by atoms with Gasteiger partial charge in [-0.3, -0.25) is 14.5 Å². The Kier molecular flexibility index (Phi) is 6.64. The van der Waals surface area contributed by atoms with Gasteiger partial charge in [-0.25, -0.2) is 0 Å². The molecule has 1 aliphatic rings. The number of nitrogens with zero attached hydrogens (tertiary/aromatic N) is 1. The first-order valence-electron chi connectivity index (χ1n) is 10.2. The van der Waals surface area contributed by atoms with Crippen molar-refractivity contribution in [3.8, 4) is 11.5 Å². The summed E-state index contributed by atoms with van der Waals surface area (Å²) in [6.45, 7) is 0. The van der Waals surface area contributed by atoms with E-state index in [1.165, 1.54) is 43.5 Å². The van der Waals surface area contributed by atoms with E-state index in [4.69, 9.17) is 27.9 Å². The summed E-state index contributed by atoms with van der Waals surface area (Å²) in [6.07, 6.45) is -4.61. The molecule has 0 spiro atoms. The monoisotopic (exact) mass is 537 g/mol. The van der Waals surface area contributed by atoms with Crippen LogP contribution in [0.2, 0.25) is 10.0 Å². The Hall–Kier alpha value is -3.69. The largest absolute Gasteiger partial charge is 0.508 e. The Morgan fingerprint density at radius 1 is 1.00 bits per heavy atom. The van der Waals surface area contributed by atoms with Crippen molar-refractivity contribution in [3.05, 3.63) is 93.0 Å². The molecule has 1 atom stereocenters. The van der Waals surface area contributed by atoms with Crippen LogP contribution >= 0.6 is 23.2 Å². The molecule has 3 aromatic rings. The summed E-state index contributed by atoms with van der Waals surface area (Å²) in [6, 6.07) is 10.5. The SMILES string of the molecule is COc1c(Cl)cc(/C(O)=C2\C(=O)C(=O)N(c3ccc(C(F)(F)F)cc3)C2c2cccc(O)c2)cc1Cl. The second-order valence-electron chi connectivity index (χ2n) is 7.78. The molecular formula is C25H16Cl2F3NO5. The van der Waals surface area contributed by atoms with Crippen LogP contribution in [0.15, 0.2) is 66.2 Å². The number of hydrogen-bond acceptors (Lipinski definition) is 5. The highest BCUT2D eigenvalue weighted by Gasteiger charge is 2.47. The van der Waals surface area contributed by atoms with Crippen molar-refractivity contribution >= 4 is 46.3 Å². The molecule has 1 unspecified atom stereocenters. The molecule has 0 saturated carbocycles. The third-order valence-corrected chi connectivity index (χ3v) is 6.14. The first-order valence-corrected chi connectivity index (χ1v) is 11.0. The Balaban J connectivity index is 1.93. The number of anilines is 1. The summed E-state index contributed by atoms with van der Waals surface area (Å²) in [5, 5.41) is 21.2. The van der Waals surface area contributed by atoms with E-state index >= 15 is 0 Å². The summed E-state index contributed by atoms with van der Waals surface area (Å²) in [5.74, 6) is -2.87. The fourth-order valence-electron chi connectivity index (χ4n) is 3.97. The molecule has 1 fully saturated rings. The number of hydrogen-bond donors (Lipinski definition) is 2. The molecule has 1 amide bonds. The van der Waals surface area contributed by atoms with Crippen LogP contribution in [0.4, 0.5) is 18.9 Å². The highest BCUT2D eigenvalue weighted by atomic mass is 35.5. The number of ether oxygens (including phenoxy) is 1. The summed E-state index contributed by atoms with van der Waals surface area (Å²) in [7, 11) is 1.34. The molecule has 1 saturated heterocycles. The second-order valence-corrected chi connectivity index (χ2v) is 8.60. The normalized spacial score (nSPS) is 17.5. The number of aromatic hydroxyl groups is 1. The van der Waals surface area contributed by atoms with Gasteiger partial charge in [0, 0.05) is 11.3 Å². The van der Waals surface area contributed by atoms with Crippen LogP contribution in [0.3, 0.4) is 0 Å². The van der Waals surface area contributed by atoms with E-state index in [0.29, 0.717) is 0 Å². The van der Waals surface area contributed by atoms with Crippen LogP contribution in [0.5, 0.6) is 11.5 Å². The number of aliphatic hydroxyl groups is 1. The number of carbonyl (C=O) groups is 2. The van der Waals surface area contributed by atoms with Crippen molar-refractivity contribution in [2.45, 2.75) is 12.2 Å². The van der Waals surface area contributed by atoms with Gasteiger partial charge in [0.25, 0.3) is 11.7 Å². The van der Waals surface area contributed by atoms with Gasteiger partial charge in [0.15, 0.2) is 5.75 Å². The Bertz CT molecular complexity index is 1380. The molecule has 36 heavy (non-hydrogen) atoms. The van der Waals surface area contributed by atoms with Gasteiger partial charge >= 0.3 is 6.18 Å². The number of amides is 1. The first-order chi connectivity index (χ1) is 16.9. The number of alkyl halides is 3. The summed E-state index contributed by atoms with van der Waals surface area (Å²) in [5.41, 5.74) is -1.12. The van der Waals surface area contributed by atoms with Gasteiger partial charge in [0.1, 0.15) is 11.5 Å². The van der Waals surface area contributed by atoms with Gasteiger partial charge in [-0.15, -0.1) is 0 Å². The number of aliphatic hydroxyl groups excluding tert-OH is 1. The maximum absolute atomic E-state index is 13.1. The van der Waals surface area contributed by atoms with E-state index in [2.05, 4.69) is 0 Å². The minimum Gasteiger partial charge on any atom is -0.508 e. The fourth-order valence-corrected chi connectivity index (χ4v) is 4.61. The van der Waals surface area contributed by atoms with Gasteiger partial charge in [-0.1, -0.05) is 35.3 Å². The fraction of sp³-hybridized carbons (Fsp3) is 0.120. The van der Waals surface area contributed by atoms with E-state index in [-0.39, 0.29) is 43.9 Å². The molecule has 0 aromatic heterocycles. The maximum Gasteiger partial charge on any atom is 0.416 e. The second kappa shape index (κ2) is 9.40. The number of halogens is 5. The molecule has 4 rings (SSSR count). The van der Waals surface area contributed by atoms with Crippen LogP contribution in [0, 0.1) is 0 Å². The van der Waals surface area contributed by atoms with Crippen LogP contribution < -0.4 is 9.64 Å². The molecule has 3 aromatic carbocycles. The van der Waals surface area contributed by atoms with Crippen molar-refractivity contribution in [1.82, 2.24) is 0 Å². The van der Waals surface area contributed by atoms with E-state index in [1.54, 1.807) is 0 Å². The average molecular weight is 538 g/mol. The standard InChI is InChI=1S/C25H16Cl2F3NO5/c1-36-23-17(26)10-13(11-18(23)27)21(33)19-20(12-3-2-4-16(32)9-12)31(24(35)22(19)34)15-7-5-14(6-8-15)25(28,29)30/h2-11,20,32-33H,1H3/b21-19+. The molecule has 2 N–H and O–H groups in total. The van der Waals surface area contributed by atoms with E-state index in [1.807, 2.05) is 0 Å². The van der Waals surface area contributed by atoms with Gasteiger partial charge in [-0.05, 0) is 54.1 Å². The quantitative estimate of drug-likeness (QED) is 0.230. The third kappa shape index (κ3) is 4.47. The molecule has 6 nitrogen and oxygen atoms in total. The zero-order valence-corrected chi connectivity index (χ0v) is 19.8. The number of ketones is 1. The number of phenols is 1. The van der Waals surface area contributed by atoms with E-state index in [9.17, 15) is 33.0 Å². The highest BCUT2D eigenvalue weighted by molar-refractivity contribution is 6.51. The zero-order chi connectivity index (χ0) is 26.4. The molecule has 11 heteroatoms. The molecule has 0 aliphatic carbocycles. The van der Waals surface area contributed by atoms with Crippen molar-refractivity contribution < 1.29 is 37.7 Å². The number of methoxy groups -OCH3 is 1. The Morgan fingerprint density at radius 2 is 1.61 bits per heavy atom. The van der Waals surface area contributed by atoms with Crippen molar-refractivity contribution in [1.29, 1.82) is 0 Å². The number of benzene rings is 3. The predicted octanol–water partition coefficient (Wildman–Crippen LogP) is 6.35. The lowest BCUT2D eigenvalue weighted by atomic mass is 9.95. The smallest absolute Gasteiger partial charge is 0.416 e. The van der Waals surface area contributed by atoms with Crippen molar-refractivity contribution in [3.63, 3.8) is 0 Å². The van der Waals surface area contributed by atoms with Crippen LogP contribution in [0.1, 0.15) is 22.7 Å². The van der Waals surface area contributed by atoms with Gasteiger partial charge in [-0.2, -0.15) is 13.2 Å². The molecular weight excluding hydrogens is 522 g/mol. The van der Waals surface area contributed by atoms with E-state index < -0.39 is 35.2 Å². The number of phenolic OH excluding ortho intramolecular Hbond substituents is 1. The minimum atomic E-state index is -4.61. The minimum absolute atomic E-state index is 0.00127. The lowest BCUT2D eigenvalue weighted by Gasteiger charge is -2.26. The topological polar surface area (TPSA) is 87.1 Å². The molecule has 1 aliphatic heterocycles. The van der Waals surface area contributed by atoms with E-state index in [0.717, 1.165) is 29.2 Å². The molecule has 0 radical (unpaired) electrons.